The van der Waals surface area contributed by atoms with Gasteiger partial charge in [0.15, 0.2) is 0 Å². The number of carbonyl (C=O) groups excluding carboxylic acids is 3. The van der Waals surface area contributed by atoms with E-state index in [1.807, 2.05) is 49.4 Å². The van der Waals surface area contributed by atoms with Gasteiger partial charge in [-0.3, -0.25) is 14.4 Å². The molecule has 0 spiro atoms. The Labute approximate surface area is 238 Å². The third-order valence-electron chi connectivity index (χ3n) is 7.22. The van der Waals surface area contributed by atoms with E-state index in [0.29, 0.717) is 44.9 Å². The van der Waals surface area contributed by atoms with Gasteiger partial charge in [-0.05, 0) is 62.4 Å². The van der Waals surface area contributed by atoms with Gasteiger partial charge in [-0.25, -0.2) is 0 Å². The molecule has 1 aliphatic heterocycles. The zero-order chi connectivity index (χ0) is 29.3. The van der Waals surface area contributed by atoms with Crippen molar-refractivity contribution >= 4 is 28.5 Å². The first-order chi connectivity index (χ1) is 19.0. The molecular formula is C31H47N5O4. The maximum absolute atomic E-state index is 13.5. The van der Waals surface area contributed by atoms with Gasteiger partial charge in [0.2, 0.25) is 11.8 Å². The lowest BCUT2D eigenvalue weighted by molar-refractivity contribution is -0.157. The lowest BCUT2D eigenvalue weighted by atomic mass is 10.0. The van der Waals surface area contributed by atoms with Crippen LogP contribution in [0.5, 0.6) is 0 Å². The Balaban J connectivity index is 1.73. The number of nitrogens with one attached hydrogen (secondary N) is 3. The molecule has 0 aliphatic carbocycles. The summed E-state index contributed by atoms with van der Waals surface area (Å²) in [5.41, 5.74) is 6.12. The van der Waals surface area contributed by atoms with Crippen LogP contribution in [-0.2, 0) is 25.5 Å². The Morgan fingerprint density at radius 2 is 1.80 bits per heavy atom. The van der Waals surface area contributed by atoms with E-state index in [0.717, 1.165) is 22.9 Å². The van der Waals surface area contributed by atoms with E-state index >= 15 is 0 Å². The van der Waals surface area contributed by atoms with Crippen molar-refractivity contribution in [2.75, 3.05) is 32.8 Å². The van der Waals surface area contributed by atoms with Crippen molar-refractivity contribution < 1.29 is 19.1 Å². The number of nitrogens with two attached hydrogens (primary N) is 1. The maximum Gasteiger partial charge on any atom is 0.254 e. The molecule has 3 amide bonds. The molecule has 0 radical (unpaired) electrons. The molecule has 0 aromatic heterocycles. The minimum absolute atomic E-state index is 0.220. The third-order valence-corrected chi connectivity index (χ3v) is 7.22. The van der Waals surface area contributed by atoms with Crippen LogP contribution >= 0.6 is 0 Å². The third kappa shape index (κ3) is 8.74. The van der Waals surface area contributed by atoms with Crippen LogP contribution in [0.1, 0.15) is 53.0 Å². The molecule has 0 saturated carbocycles. The molecule has 9 nitrogen and oxygen atoms in total. The van der Waals surface area contributed by atoms with Crippen LogP contribution < -0.4 is 21.7 Å². The molecule has 1 aliphatic rings. The van der Waals surface area contributed by atoms with Gasteiger partial charge in [-0.15, -0.1) is 0 Å². The summed E-state index contributed by atoms with van der Waals surface area (Å²) in [5.74, 6) is -0.347. The second kappa shape index (κ2) is 14.6. The Morgan fingerprint density at radius 1 is 1.07 bits per heavy atom. The van der Waals surface area contributed by atoms with Gasteiger partial charge in [-0.1, -0.05) is 56.3 Å². The number of hydrogen-bond acceptors (Lipinski definition) is 6. The monoisotopic (exact) mass is 553 g/mol. The van der Waals surface area contributed by atoms with Crippen LogP contribution in [0.2, 0.25) is 0 Å². The summed E-state index contributed by atoms with van der Waals surface area (Å²) in [6.45, 7) is 12.1. The highest BCUT2D eigenvalue weighted by atomic mass is 16.5. The van der Waals surface area contributed by atoms with Crippen molar-refractivity contribution in [3.63, 3.8) is 0 Å². The fourth-order valence-corrected chi connectivity index (χ4v) is 5.11. The molecule has 2 aromatic carbocycles. The highest BCUT2D eigenvalue weighted by Crippen LogP contribution is 2.24. The van der Waals surface area contributed by atoms with Crippen molar-refractivity contribution in [3.05, 3.63) is 48.0 Å². The lowest BCUT2D eigenvalue weighted by Crippen LogP contribution is -2.57. The average Bonchev–Trinajstić information content (AvgIpc) is 3.40. The summed E-state index contributed by atoms with van der Waals surface area (Å²) in [7, 11) is 0. The van der Waals surface area contributed by atoms with Gasteiger partial charge in [-0.2, -0.15) is 0 Å². The van der Waals surface area contributed by atoms with Crippen molar-refractivity contribution in [2.45, 2.75) is 77.6 Å². The molecule has 1 saturated heterocycles. The summed E-state index contributed by atoms with van der Waals surface area (Å²) >= 11 is 0. The Kier molecular flexibility index (Phi) is 11.5. The summed E-state index contributed by atoms with van der Waals surface area (Å²) in [5, 5.41) is 11.4. The largest absolute Gasteiger partial charge is 0.366 e. The first-order valence-corrected chi connectivity index (χ1v) is 14.5. The minimum Gasteiger partial charge on any atom is -0.366 e. The number of benzene rings is 2. The summed E-state index contributed by atoms with van der Waals surface area (Å²) < 4.78 is 5.66. The van der Waals surface area contributed by atoms with Gasteiger partial charge in [0.25, 0.3) is 5.91 Å². The molecule has 1 heterocycles. The van der Waals surface area contributed by atoms with Crippen LogP contribution in [0, 0.1) is 5.92 Å². The normalized spacial score (nSPS) is 17.2. The quantitative estimate of drug-likeness (QED) is 0.285. The number of nitrogens with zero attached hydrogens (tertiary/aromatic N) is 1. The summed E-state index contributed by atoms with van der Waals surface area (Å²) in [6.07, 6.45) is 1.57. The molecule has 220 valence electrons. The molecule has 3 rings (SSSR count). The number of hydrogen-bond donors (Lipinski definition) is 4. The van der Waals surface area contributed by atoms with Crippen LogP contribution in [-0.4, -0.2) is 79.1 Å². The fourth-order valence-electron chi connectivity index (χ4n) is 5.11. The van der Waals surface area contributed by atoms with E-state index in [-0.39, 0.29) is 30.3 Å². The van der Waals surface area contributed by atoms with Crippen LogP contribution in [0.3, 0.4) is 0 Å². The Bertz CT molecular complexity index is 1150. The minimum atomic E-state index is -1.03. The number of amides is 3. The number of rotatable bonds is 14. The van der Waals surface area contributed by atoms with Crippen LogP contribution in [0.4, 0.5) is 0 Å². The zero-order valence-corrected chi connectivity index (χ0v) is 24.7. The number of fused-ring (bicyclic) bond motifs is 1. The van der Waals surface area contributed by atoms with Crippen molar-refractivity contribution in [1.29, 1.82) is 0 Å². The average molecular weight is 554 g/mol. The Morgan fingerprint density at radius 3 is 2.50 bits per heavy atom. The smallest absolute Gasteiger partial charge is 0.254 e. The highest BCUT2D eigenvalue weighted by Gasteiger charge is 2.41. The molecule has 2 aromatic rings. The second-order valence-corrected chi connectivity index (χ2v) is 11.6. The van der Waals surface area contributed by atoms with Gasteiger partial charge in [0.05, 0.1) is 0 Å². The first-order valence-electron chi connectivity index (χ1n) is 14.5. The van der Waals surface area contributed by atoms with Gasteiger partial charge in [0, 0.05) is 38.7 Å². The van der Waals surface area contributed by atoms with Gasteiger partial charge in [0.1, 0.15) is 17.7 Å². The number of carbonyl (C=O) groups is 3. The number of likely N-dealkylation sites (tertiary alicyclic amines) is 1. The molecule has 9 heteroatoms. The van der Waals surface area contributed by atoms with Crippen molar-refractivity contribution in [1.82, 2.24) is 20.9 Å². The molecule has 40 heavy (non-hydrogen) atoms. The molecule has 2 unspecified atom stereocenters. The summed E-state index contributed by atoms with van der Waals surface area (Å²) in [4.78, 5) is 41.8. The van der Waals surface area contributed by atoms with E-state index in [1.54, 1.807) is 18.7 Å². The maximum atomic E-state index is 13.5. The molecule has 5 N–H and O–H groups in total. The van der Waals surface area contributed by atoms with E-state index in [1.165, 1.54) is 0 Å². The predicted octanol–water partition coefficient (Wildman–Crippen LogP) is 2.36. The standard InChI is InChI=1S/C31H47N5O4/c1-6-40-31(4,5)30(39)36-15-9-12-27(36)29(38)35-26(28(37)34-20-25(32)19-33-18-21(2)3)17-22-13-14-23-10-7-8-11-24(23)16-22/h7-8,10-11,13-14,16,21,25-27,33H,6,9,12,15,17-20,32H2,1-5H3,(H,34,37)(H,35,38)/t25?,26-,27?/m1/s1. The molecular weight excluding hydrogens is 506 g/mol. The summed E-state index contributed by atoms with van der Waals surface area (Å²) in [6, 6.07) is 12.3. The SMILES string of the molecule is CCOC(C)(C)C(=O)N1CCCC1C(=O)N[C@H](Cc1ccc2ccccc2c1)C(=O)NCC(N)CNCC(C)C. The van der Waals surface area contributed by atoms with E-state index in [4.69, 9.17) is 10.5 Å². The molecule has 3 atom stereocenters. The van der Waals surface area contributed by atoms with E-state index in [2.05, 4.69) is 29.8 Å². The molecule has 0 bridgehead atoms. The first kappa shape index (κ1) is 31.5. The van der Waals surface area contributed by atoms with E-state index < -0.39 is 17.7 Å². The fraction of sp³-hybridized carbons (Fsp3) is 0.581. The van der Waals surface area contributed by atoms with Gasteiger partial charge < -0.3 is 31.3 Å². The van der Waals surface area contributed by atoms with Crippen LogP contribution in [0.25, 0.3) is 10.8 Å². The Hall–Kier alpha value is -3.01. The number of ether oxygens (including phenoxy) is 1. The molecule has 1 fully saturated rings. The topological polar surface area (TPSA) is 126 Å². The van der Waals surface area contributed by atoms with E-state index in [9.17, 15) is 14.4 Å². The zero-order valence-electron chi connectivity index (χ0n) is 24.7. The lowest BCUT2D eigenvalue weighted by Gasteiger charge is -2.33. The highest BCUT2D eigenvalue weighted by molar-refractivity contribution is 5.94. The van der Waals surface area contributed by atoms with Gasteiger partial charge >= 0.3 is 0 Å². The predicted molar refractivity (Wildman–Crippen MR) is 159 cm³/mol. The second-order valence-electron chi connectivity index (χ2n) is 11.6. The van der Waals surface area contributed by atoms with Crippen molar-refractivity contribution in [3.8, 4) is 0 Å². The van der Waals surface area contributed by atoms with Crippen molar-refractivity contribution in [2.24, 2.45) is 11.7 Å². The van der Waals surface area contributed by atoms with Crippen LogP contribution in [0.15, 0.2) is 42.5 Å².